The standard InChI is InChI=1S/C17H23ClN2O/c1-12(13-6-7-13)20(14-8-9-14)11-10-17(21)19-16-5-3-2-4-15(16)18/h2-5,12-14H,6-11H2,1H3,(H,19,21). The molecule has 1 aromatic rings. The SMILES string of the molecule is CC(C1CC1)N(CCC(=O)Nc1ccccc1Cl)C1CC1. The first-order chi connectivity index (χ1) is 10.1. The molecule has 0 spiro atoms. The van der Waals surface area contributed by atoms with E-state index in [0.717, 1.165) is 12.5 Å². The first-order valence-electron chi connectivity index (χ1n) is 7.95. The zero-order chi connectivity index (χ0) is 14.8. The summed E-state index contributed by atoms with van der Waals surface area (Å²) in [4.78, 5) is 14.7. The predicted molar refractivity (Wildman–Crippen MR) is 86.6 cm³/mol. The van der Waals surface area contributed by atoms with Crippen LogP contribution in [0.15, 0.2) is 24.3 Å². The zero-order valence-electron chi connectivity index (χ0n) is 12.5. The number of rotatable bonds is 7. The smallest absolute Gasteiger partial charge is 0.225 e. The number of hydrogen-bond acceptors (Lipinski definition) is 2. The third-order valence-electron chi connectivity index (χ3n) is 4.59. The minimum absolute atomic E-state index is 0.0525. The second-order valence-electron chi connectivity index (χ2n) is 6.33. The summed E-state index contributed by atoms with van der Waals surface area (Å²) in [5, 5.41) is 3.50. The molecule has 0 radical (unpaired) electrons. The van der Waals surface area contributed by atoms with Gasteiger partial charge in [0.2, 0.25) is 5.91 Å². The Morgan fingerprint density at radius 1 is 1.33 bits per heavy atom. The van der Waals surface area contributed by atoms with Crippen molar-refractivity contribution in [3.63, 3.8) is 0 Å². The molecule has 1 N–H and O–H groups in total. The summed E-state index contributed by atoms with van der Waals surface area (Å²) in [5.41, 5.74) is 0.706. The Bertz CT molecular complexity index is 511. The zero-order valence-corrected chi connectivity index (χ0v) is 13.3. The lowest BCUT2D eigenvalue weighted by Crippen LogP contribution is -2.38. The molecule has 4 heteroatoms. The van der Waals surface area contributed by atoms with E-state index in [1.165, 1.54) is 25.7 Å². The lowest BCUT2D eigenvalue weighted by atomic mass is 10.1. The van der Waals surface area contributed by atoms with Gasteiger partial charge in [-0.15, -0.1) is 0 Å². The molecule has 0 aromatic heterocycles. The van der Waals surface area contributed by atoms with Crippen molar-refractivity contribution in [2.45, 2.75) is 51.1 Å². The van der Waals surface area contributed by atoms with E-state index in [4.69, 9.17) is 11.6 Å². The Hall–Kier alpha value is -1.06. The van der Waals surface area contributed by atoms with E-state index in [1.807, 2.05) is 18.2 Å². The maximum Gasteiger partial charge on any atom is 0.225 e. The first kappa shape index (κ1) is 14.9. The van der Waals surface area contributed by atoms with Gasteiger partial charge in [0, 0.05) is 25.0 Å². The van der Waals surface area contributed by atoms with Crippen molar-refractivity contribution in [1.82, 2.24) is 4.90 Å². The minimum Gasteiger partial charge on any atom is -0.325 e. The Balaban J connectivity index is 1.51. The number of halogens is 1. The number of nitrogens with one attached hydrogen (secondary N) is 1. The molecule has 0 saturated heterocycles. The van der Waals surface area contributed by atoms with E-state index >= 15 is 0 Å². The van der Waals surface area contributed by atoms with Gasteiger partial charge in [0.25, 0.3) is 0 Å². The fraction of sp³-hybridized carbons (Fsp3) is 0.588. The third-order valence-corrected chi connectivity index (χ3v) is 4.92. The average Bonchev–Trinajstić information content (AvgIpc) is 3.34. The molecule has 2 saturated carbocycles. The van der Waals surface area contributed by atoms with Crippen LogP contribution in [0.5, 0.6) is 0 Å². The number of amides is 1. The normalized spacial score (nSPS) is 19.6. The fourth-order valence-corrected chi connectivity index (χ4v) is 3.16. The highest BCUT2D eigenvalue weighted by atomic mass is 35.5. The Kier molecular flexibility index (Phi) is 4.51. The van der Waals surface area contributed by atoms with Gasteiger partial charge in [0.05, 0.1) is 10.7 Å². The molecule has 114 valence electrons. The van der Waals surface area contributed by atoms with E-state index < -0.39 is 0 Å². The average molecular weight is 307 g/mol. The van der Waals surface area contributed by atoms with Crippen molar-refractivity contribution in [3.8, 4) is 0 Å². The summed E-state index contributed by atoms with van der Waals surface area (Å²) < 4.78 is 0. The van der Waals surface area contributed by atoms with Gasteiger partial charge in [0.1, 0.15) is 0 Å². The van der Waals surface area contributed by atoms with Crippen LogP contribution in [0.2, 0.25) is 5.02 Å². The van der Waals surface area contributed by atoms with Crippen LogP contribution in [0.25, 0.3) is 0 Å². The quantitative estimate of drug-likeness (QED) is 0.828. The summed E-state index contributed by atoms with van der Waals surface area (Å²) in [6.45, 7) is 3.18. The maximum absolute atomic E-state index is 12.1. The number of benzene rings is 1. The molecule has 2 aliphatic rings. The van der Waals surface area contributed by atoms with Crippen LogP contribution in [0.3, 0.4) is 0 Å². The molecule has 0 heterocycles. The Labute approximate surface area is 131 Å². The van der Waals surface area contributed by atoms with Crippen molar-refractivity contribution in [2.24, 2.45) is 5.92 Å². The molecule has 0 bridgehead atoms. The molecule has 1 aromatic carbocycles. The van der Waals surface area contributed by atoms with Gasteiger partial charge in [-0.3, -0.25) is 9.69 Å². The molecular formula is C17H23ClN2O. The molecule has 3 rings (SSSR count). The molecule has 1 amide bonds. The molecule has 3 nitrogen and oxygen atoms in total. The molecule has 1 atom stereocenters. The number of carbonyl (C=O) groups excluding carboxylic acids is 1. The largest absolute Gasteiger partial charge is 0.325 e. The van der Waals surface area contributed by atoms with E-state index in [9.17, 15) is 4.79 Å². The maximum atomic E-state index is 12.1. The van der Waals surface area contributed by atoms with Crippen molar-refractivity contribution in [2.75, 3.05) is 11.9 Å². The number of nitrogens with zero attached hydrogens (tertiary/aromatic N) is 1. The molecular weight excluding hydrogens is 284 g/mol. The first-order valence-corrected chi connectivity index (χ1v) is 8.33. The number of para-hydroxylation sites is 1. The highest BCUT2D eigenvalue weighted by Gasteiger charge is 2.38. The third kappa shape index (κ3) is 3.98. The van der Waals surface area contributed by atoms with Crippen molar-refractivity contribution >= 4 is 23.2 Å². The number of hydrogen-bond donors (Lipinski definition) is 1. The van der Waals surface area contributed by atoms with E-state index in [2.05, 4.69) is 17.1 Å². The van der Waals surface area contributed by atoms with Crippen LogP contribution in [0.1, 0.15) is 39.0 Å². The van der Waals surface area contributed by atoms with Gasteiger partial charge in [-0.2, -0.15) is 0 Å². The summed E-state index contributed by atoms with van der Waals surface area (Å²) in [5.74, 6) is 0.911. The topological polar surface area (TPSA) is 32.3 Å². The van der Waals surface area contributed by atoms with Gasteiger partial charge >= 0.3 is 0 Å². The van der Waals surface area contributed by atoms with E-state index in [-0.39, 0.29) is 5.91 Å². The van der Waals surface area contributed by atoms with Gasteiger partial charge in [-0.25, -0.2) is 0 Å². The number of carbonyl (C=O) groups is 1. The monoisotopic (exact) mass is 306 g/mol. The van der Waals surface area contributed by atoms with E-state index in [0.29, 0.717) is 29.2 Å². The second-order valence-corrected chi connectivity index (χ2v) is 6.73. The van der Waals surface area contributed by atoms with Crippen LogP contribution in [-0.2, 0) is 4.79 Å². The summed E-state index contributed by atoms with van der Waals surface area (Å²) in [7, 11) is 0. The summed E-state index contributed by atoms with van der Waals surface area (Å²) in [6.07, 6.45) is 5.84. The van der Waals surface area contributed by atoms with E-state index in [1.54, 1.807) is 6.07 Å². The highest BCUT2D eigenvalue weighted by Crippen LogP contribution is 2.39. The van der Waals surface area contributed by atoms with Gasteiger partial charge in [-0.1, -0.05) is 23.7 Å². The van der Waals surface area contributed by atoms with Crippen molar-refractivity contribution < 1.29 is 4.79 Å². The predicted octanol–water partition coefficient (Wildman–Crippen LogP) is 3.93. The van der Waals surface area contributed by atoms with Crippen molar-refractivity contribution in [1.29, 1.82) is 0 Å². The van der Waals surface area contributed by atoms with Crippen LogP contribution in [0.4, 0.5) is 5.69 Å². The lowest BCUT2D eigenvalue weighted by molar-refractivity contribution is -0.116. The number of anilines is 1. The van der Waals surface area contributed by atoms with Crippen LogP contribution < -0.4 is 5.32 Å². The van der Waals surface area contributed by atoms with Gasteiger partial charge in [0.15, 0.2) is 0 Å². The van der Waals surface area contributed by atoms with Gasteiger partial charge in [-0.05, 0) is 50.7 Å². The lowest BCUT2D eigenvalue weighted by Gasteiger charge is -2.29. The molecule has 2 fully saturated rings. The molecule has 21 heavy (non-hydrogen) atoms. The Morgan fingerprint density at radius 2 is 2.05 bits per heavy atom. The van der Waals surface area contributed by atoms with Crippen molar-refractivity contribution in [3.05, 3.63) is 29.3 Å². The van der Waals surface area contributed by atoms with Crippen LogP contribution >= 0.6 is 11.6 Å². The van der Waals surface area contributed by atoms with Gasteiger partial charge < -0.3 is 5.32 Å². The summed E-state index contributed by atoms with van der Waals surface area (Å²) >= 11 is 6.07. The minimum atomic E-state index is 0.0525. The van der Waals surface area contributed by atoms with Crippen LogP contribution in [-0.4, -0.2) is 29.4 Å². The fourth-order valence-electron chi connectivity index (χ4n) is 2.98. The highest BCUT2D eigenvalue weighted by molar-refractivity contribution is 6.33. The summed E-state index contributed by atoms with van der Waals surface area (Å²) in [6, 6.07) is 8.73. The molecule has 2 aliphatic carbocycles. The molecule has 0 aliphatic heterocycles. The Morgan fingerprint density at radius 3 is 2.67 bits per heavy atom. The second kappa shape index (κ2) is 6.37. The molecule has 1 unspecified atom stereocenters. The van der Waals surface area contributed by atoms with Crippen LogP contribution in [0, 0.1) is 5.92 Å².